The van der Waals surface area contributed by atoms with Crippen molar-refractivity contribution in [2.24, 2.45) is 5.73 Å². The first kappa shape index (κ1) is 13.4. The van der Waals surface area contributed by atoms with Crippen LogP contribution in [0.3, 0.4) is 0 Å². The van der Waals surface area contributed by atoms with Gasteiger partial charge >= 0.3 is 0 Å². The average Bonchev–Trinajstić information content (AvgIpc) is 2.15. The lowest BCUT2D eigenvalue weighted by molar-refractivity contribution is -0.119. The molecule has 1 aromatic rings. The molecule has 0 radical (unpaired) electrons. The SMILES string of the molecule is CC(C)(CC(N)=O)NC(=O)c1cnc(Cl)cn1. The van der Waals surface area contributed by atoms with Crippen LogP contribution in [0.25, 0.3) is 0 Å². The van der Waals surface area contributed by atoms with Gasteiger partial charge in [0.1, 0.15) is 10.8 Å². The molecular formula is C10H13ClN4O2. The van der Waals surface area contributed by atoms with Crippen LogP contribution in [-0.2, 0) is 4.79 Å². The van der Waals surface area contributed by atoms with Crippen LogP contribution in [0.1, 0.15) is 30.8 Å². The molecule has 0 aliphatic rings. The van der Waals surface area contributed by atoms with Gasteiger partial charge in [-0.15, -0.1) is 0 Å². The highest BCUT2D eigenvalue weighted by Crippen LogP contribution is 2.09. The fourth-order valence-corrected chi connectivity index (χ4v) is 1.38. The second-order valence-corrected chi connectivity index (χ2v) is 4.59. The van der Waals surface area contributed by atoms with Crippen LogP contribution >= 0.6 is 11.6 Å². The minimum atomic E-state index is -0.732. The van der Waals surface area contributed by atoms with Gasteiger partial charge in [0.05, 0.1) is 12.4 Å². The molecule has 0 bridgehead atoms. The van der Waals surface area contributed by atoms with E-state index in [0.717, 1.165) is 0 Å². The summed E-state index contributed by atoms with van der Waals surface area (Å²) in [6.45, 7) is 3.39. The predicted molar refractivity (Wildman–Crippen MR) is 62.4 cm³/mol. The molecule has 0 unspecified atom stereocenters. The molecule has 0 aliphatic heterocycles. The summed E-state index contributed by atoms with van der Waals surface area (Å²) >= 11 is 5.55. The van der Waals surface area contributed by atoms with Gasteiger partial charge in [-0.3, -0.25) is 9.59 Å². The molecule has 6 nitrogen and oxygen atoms in total. The lowest BCUT2D eigenvalue weighted by atomic mass is 10.0. The molecule has 0 aromatic carbocycles. The van der Waals surface area contributed by atoms with Crippen LogP contribution in [-0.4, -0.2) is 27.3 Å². The topological polar surface area (TPSA) is 98.0 Å². The van der Waals surface area contributed by atoms with Crippen molar-refractivity contribution in [3.63, 3.8) is 0 Å². The van der Waals surface area contributed by atoms with Gasteiger partial charge in [-0.2, -0.15) is 0 Å². The number of carbonyl (C=O) groups is 2. The van der Waals surface area contributed by atoms with Crippen molar-refractivity contribution in [2.75, 3.05) is 0 Å². The fraction of sp³-hybridized carbons (Fsp3) is 0.400. The number of hydrogen-bond donors (Lipinski definition) is 2. The highest BCUT2D eigenvalue weighted by Gasteiger charge is 2.24. The van der Waals surface area contributed by atoms with Crippen LogP contribution in [0.4, 0.5) is 0 Å². The Balaban J connectivity index is 2.72. The van der Waals surface area contributed by atoms with Crippen LogP contribution in [0, 0.1) is 0 Å². The van der Waals surface area contributed by atoms with E-state index in [1.54, 1.807) is 13.8 Å². The molecule has 0 saturated heterocycles. The molecule has 7 heteroatoms. The number of amides is 2. The summed E-state index contributed by atoms with van der Waals surface area (Å²) in [6, 6.07) is 0. The fourth-order valence-electron chi connectivity index (χ4n) is 1.28. The smallest absolute Gasteiger partial charge is 0.271 e. The third kappa shape index (κ3) is 4.36. The van der Waals surface area contributed by atoms with Crippen molar-refractivity contribution in [1.29, 1.82) is 0 Å². The van der Waals surface area contributed by atoms with Gasteiger partial charge in [0, 0.05) is 12.0 Å². The molecule has 1 heterocycles. The number of nitrogens with two attached hydrogens (primary N) is 1. The van der Waals surface area contributed by atoms with Crippen LogP contribution in [0.5, 0.6) is 0 Å². The predicted octanol–water partition coefficient (Wildman–Crippen LogP) is 0.514. The minimum Gasteiger partial charge on any atom is -0.370 e. The molecule has 0 saturated carbocycles. The molecule has 1 aromatic heterocycles. The van der Waals surface area contributed by atoms with E-state index in [0.29, 0.717) is 0 Å². The van der Waals surface area contributed by atoms with Gasteiger partial charge in [-0.05, 0) is 13.8 Å². The second-order valence-electron chi connectivity index (χ2n) is 4.21. The summed E-state index contributed by atoms with van der Waals surface area (Å²) in [7, 11) is 0. The van der Waals surface area contributed by atoms with Crippen LogP contribution in [0.2, 0.25) is 5.15 Å². The maximum Gasteiger partial charge on any atom is 0.271 e. The third-order valence-electron chi connectivity index (χ3n) is 1.92. The number of hydrogen-bond acceptors (Lipinski definition) is 4. The maximum atomic E-state index is 11.7. The van der Waals surface area contributed by atoms with E-state index in [-0.39, 0.29) is 17.3 Å². The average molecular weight is 257 g/mol. The van der Waals surface area contributed by atoms with Crippen molar-refractivity contribution >= 4 is 23.4 Å². The van der Waals surface area contributed by atoms with E-state index in [2.05, 4.69) is 15.3 Å². The first-order chi connectivity index (χ1) is 7.80. The Morgan fingerprint density at radius 2 is 2.06 bits per heavy atom. The van der Waals surface area contributed by atoms with Crippen LogP contribution < -0.4 is 11.1 Å². The van der Waals surface area contributed by atoms with Crippen molar-refractivity contribution in [3.8, 4) is 0 Å². The van der Waals surface area contributed by atoms with E-state index in [1.807, 2.05) is 0 Å². The van der Waals surface area contributed by atoms with Crippen molar-refractivity contribution in [1.82, 2.24) is 15.3 Å². The van der Waals surface area contributed by atoms with Gasteiger partial charge in [-0.1, -0.05) is 11.6 Å². The van der Waals surface area contributed by atoms with Crippen molar-refractivity contribution in [2.45, 2.75) is 25.8 Å². The van der Waals surface area contributed by atoms with Gasteiger partial charge in [0.25, 0.3) is 5.91 Å². The molecule has 92 valence electrons. The Morgan fingerprint density at radius 3 is 2.53 bits per heavy atom. The molecule has 0 fully saturated rings. The first-order valence-corrected chi connectivity index (χ1v) is 5.26. The van der Waals surface area contributed by atoms with Crippen LogP contribution in [0.15, 0.2) is 12.4 Å². The van der Waals surface area contributed by atoms with Gasteiger partial charge in [0.2, 0.25) is 5.91 Å². The van der Waals surface area contributed by atoms with E-state index in [9.17, 15) is 9.59 Å². The minimum absolute atomic E-state index is 0.0414. The molecule has 2 amide bonds. The highest BCUT2D eigenvalue weighted by molar-refractivity contribution is 6.29. The third-order valence-corrected chi connectivity index (χ3v) is 2.12. The summed E-state index contributed by atoms with van der Waals surface area (Å²) in [6.07, 6.45) is 2.58. The van der Waals surface area contributed by atoms with Gasteiger partial charge in [0.15, 0.2) is 0 Å². The molecule has 3 N–H and O–H groups in total. The number of nitrogens with zero attached hydrogens (tertiary/aromatic N) is 2. The first-order valence-electron chi connectivity index (χ1n) is 4.88. The molecule has 1 rings (SSSR count). The molecule has 0 spiro atoms. The lowest BCUT2D eigenvalue weighted by Crippen LogP contribution is -2.46. The summed E-state index contributed by atoms with van der Waals surface area (Å²) in [5.74, 6) is -0.919. The Labute approximate surface area is 104 Å². The van der Waals surface area contributed by atoms with E-state index < -0.39 is 17.4 Å². The maximum absolute atomic E-state index is 11.7. The molecular weight excluding hydrogens is 244 g/mol. The normalized spacial score (nSPS) is 11.0. The van der Waals surface area contributed by atoms with E-state index in [1.165, 1.54) is 12.4 Å². The van der Waals surface area contributed by atoms with Crippen molar-refractivity contribution in [3.05, 3.63) is 23.2 Å². The van der Waals surface area contributed by atoms with E-state index >= 15 is 0 Å². The van der Waals surface area contributed by atoms with E-state index in [4.69, 9.17) is 17.3 Å². The molecule has 17 heavy (non-hydrogen) atoms. The molecule has 0 aliphatic carbocycles. The number of primary amides is 1. The lowest BCUT2D eigenvalue weighted by Gasteiger charge is -2.24. The zero-order chi connectivity index (χ0) is 13.1. The largest absolute Gasteiger partial charge is 0.370 e. The van der Waals surface area contributed by atoms with Gasteiger partial charge < -0.3 is 11.1 Å². The Hall–Kier alpha value is -1.69. The van der Waals surface area contributed by atoms with Gasteiger partial charge in [-0.25, -0.2) is 9.97 Å². The summed E-state index contributed by atoms with van der Waals surface area (Å²) in [5, 5.41) is 2.84. The second kappa shape index (κ2) is 5.09. The quantitative estimate of drug-likeness (QED) is 0.820. The number of carbonyl (C=O) groups excluding carboxylic acids is 2. The van der Waals surface area contributed by atoms with Crippen molar-refractivity contribution < 1.29 is 9.59 Å². The number of nitrogens with one attached hydrogen (secondary N) is 1. The number of aromatic nitrogens is 2. The summed E-state index contributed by atoms with van der Waals surface area (Å²) in [4.78, 5) is 30.1. The molecule has 0 atom stereocenters. The Bertz CT molecular complexity index is 430. The summed E-state index contributed by atoms with van der Waals surface area (Å²) < 4.78 is 0. The monoisotopic (exact) mass is 256 g/mol. The number of halogens is 1. The highest BCUT2D eigenvalue weighted by atomic mass is 35.5. The summed E-state index contributed by atoms with van der Waals surface area (Å²) in [5.41, 5.74) is 4.48. The zero-order valence-electron chi connectivity index (χ0n) is 9.53. The number of rotatable bonds is 4. The Morgan fingerprint density at radius 1 is 1.41 bits per heavy atom. The Kier molecular flexibility index (Phi) is 4.01. The zero-order valence-corrected chi connectivity index (χ0v) is 10.3. The standard InChI is InChI=1S/C10H13ClN4O2/c1-10(2,3-8(12)16)15-9(17)6-4-14-7(11)5-13-6/h4-5H,3H2,1-2H3,(H2,12,16)(H,15,17).